The number of anilines is 2. The summed E-state index contributed by atoms with van der Waals surface area (Å²) in [4.78, 5) is 7.84. The van der Waals surface area contributed by atoms with E-state index < -0.39 is 0 Å². The van der Waals surface area contributed by atoms with Crippen LogP contribution in [0.25, 0.3) is 11.3 Å². The Morgan fingerprint density at radius 1 is 1.33 bits per heavy atom. The monoisotopic (exact) mass is 285 g/mol. The maximum Gasteiger partial charge on any atom is 0.222 e. The van der Waals surface area contributed by atoms with Gasteiger partial charge in [0, 0.05) is 11.1 Å². The molecule has 7 heteroatoms. The van der Waals surface area contributed by atoms with Gasteiger partial charge in [0.25, 0.3) is 0 Å². The van der Waals surface area contributed by atoms with Crippen LogP contribution in [0.2, 0.25) is 0 Å². The number of nitriles is 1. The van der Waals surface area contributed by atoms with E-state index in [9.17, 15) is 10.4 Å². The van der Waals surface area contributed by atoms with E-state index in [4.69, 9.17) is 16.2 Å². The lowest BCUT2D eigenvalue weighted by Gasteiger charge is -2.11. The van der Waals surface area contributed by atoms with Crippen LogP contribution in [0.3, 0.4) is 0 Å². The van der Waals surface area contributed by atoms with E-state index in [-0.39, 0.29) is 23.9 Å². The molecule has 0 unspecified atom stereocenters. The Bertz CT molecular complexity index is 709. The Balaban J connectivity index is 2.60. The van der Waals surface area contributed by atoms with Crippen LogP contribution in [-0.4, -0.2) is 21.7 Å². The van der Waals surface area contributed by atoms with Gasteiger partial charge in [0.2, 0.25) is 5.95 Å². The van der Waals surface area contributed by atoms with Crippen molar-refractivity contribution in [2.75, 3.05) is 18.1 Å². The molecule has 0 fully saturated rings. The van der Waals surface area contributed by atoms with E-state index >= 15 is 0 Å². The Morgan fingerprint density at radius 2 is 2.10 bits per heavy atom. The van der Waals surface area contributed by atoms with Crippen LogP contribution in [0.5, 0.6) is 5.75 Å². The van der Waals surface area contributed by atoms with Gasteiger partial charge in [0.15, 0.2) is 0 Å². The second-order valence-electron chi connectivity index (χ2n) is 4.22. The van der Waals surface area contributed by atoms with Crippen molar-refractivity contribution in [2.45, 2.75) is 13.5 Å². The molecule has 0 aliphatic rings. The number of nitrogens with two attached hydrogens (primary N) is 2. The van der Waals surface area contributed by atoms with E-state index in [1.807, 2.05) is 13.0 Å². The highest BCUT2D eigenvalue weighted by atomic mass is 16.5. The van der Waals surface area contributed by atoms with Crippen molar-refractivity contribution in [3.05, 3.63) is 29.3 Å². The van der Waals surface area contributed by atoms with Gasteiger partial charge in [-0.1, -0.05) is 0 Å². The number of aliphatic hydroxyl groups is 1. The van der Waals surface area contributed by atoms with Crippen molar-refractivity contribution in [3.63, 3.8) is 0 Å². The smallest absolute Gasteiger partial charge is 0.222 e. The van der Waals surface area contributed by atoms with Crippen molar-refractivity contribution in [1.82, 2.24) is 9.97 Å². The van der Waals surface area contributed by atoms with Crippen LogP contribution in [0.1, 0.15) is 18.1 Å². The van der Waals surface area contributed by atoms with Crippen LogP contribution in [0.15, 0.2) is 18.2 Å². The molecule has 21 heavy (non-hydrogen) atoms. The first kappa shape index (κ1) is 14.6. The first-order valence-corrected chi connectivity index (χ1v) is 6.30. The molecule has 0 bridgehead atoms. The van der Waals surface area contributed by atoms with Gasteiger partial charge in [-0.25, -0.2) is 4.98 Å². The normalized spacial score (nSPS) is 10.1. The molecule has 7 nitrogen and oxygen atoms in total. The summed E-state index contributed by atoms with van der Waals surface area (Å²) in [6, 6.07) is 7.09. The molecule has 0 saturated heterocycles. The number of rotatable bonds is 4. The summed E-state index contributed by atoms with van der Waals surface area (Å²) in [6.45, 7) is 2.15. The molecule has 5 N–H and O–H groups in total. The summed E-state index contributed by atoms with van der Waals surface area (Å²) >= 11 is 0. The van der Waals surface area contributed by atoms with E-state index in [2.05, 4.69) is 9.97 Å². The third-order valence-electron chi connectivity index (χ3n) is 2.87. The molecule has 108 valence electrons. The van der Waals surface area contributed by atoms with Gasteiger partial charge in [-0.2, -0.15) is 10.2 Å². The molecule has 0 radical (unpaired) electrons. The Hall–Kier alpha value is -2.85. The number of ether oxygens (including phenoxy) is 1. The molecule has 0 atom stereocenters. The Morgan fingerprint density at radius 3 is 2.71 bits per heavy atom. The minimum atomic E-state index is -0.193. The maximum absolute atomic E-state index is 9.42. The molecule has 0 aliphatic carbocycles. The second-order valence-corrected chi connectivity index (χ2v) is 4.22. The highest BCUT2D eigenvalue weighted by Crippen LogP contribution is 2.29. The quantitative estimate of drug-likeness (QED) is 0.765. The molecular weight excluding hydrogens is 270 g/mol. The van der Waals surface area contributed by atoms with Crippen molar-refractivity contribution < 1.29 is 9.84 Å². The number of nitrogens with zero attached hydrogens (tertiary/aromatic N) is 3. The predicted molar refractivity (Wildman–Crippen MR) is 78.1 cm³/mol. The number of hydrogen-bond donors (Lipinski definition) is 3. The zero-order chi connectivity index (χ0) is 15.4. The molecule has 0 amide bonds. The van der Waals surface area contributed by atoms with E-state index in [0.29, 0.717) is 29.2 Å². The van der Waals surface area contributed by atoms with Crippen LogP contribution in [-0.2, 0) is 6.61 Å². The first-order valence-electron chi connectivity index (χ1n) is 6.30. The van der Waals surface area contributed by atoms with E-state index in [0.717, 1.165) is 0 Å². The van der Waals surface area contributed by atoms with Gasteiger partial charge in [0.1, 0.15) is 23.2 Å². The summed E-state index contributed by atoms with van der Waals surface area (Å²) in [7, 11) is 0. The molecule has 0 spiro atoms. The first-order chi connectivity index (χ1) is 10.1. The lowest BCUT2D eigenvalue weighted by Crippen LogP contribution is -2.05. The molecule has 1 heterocycles. The zero-order valence-electron chi connectivity index (χ0n) is 11.5. The number of aliphatic hydroxyl groups excluding tert-OH is 1. The zero-order valence-corrected chi connectivity index (χ0v) is 11.5. The summed E-state index contributed by atoms with van der Waals surface area (Å²) in [6.07, 6.45) is 0. The van der Waals surface area contributed by atoms with Crippen molar-refractivity contribution in [3.8, 4) is 23.1 Å². The highest BCUT2D eigenvalue weighted by Gasteiger charge is 2.15. The Labute approximate surface area is 121 Å². The average Bonchev–Trinajstić information content (AvgIpc) is 2.47. The third kappa shape index (κ3) is 2.85. The molecule has 2 rings (SSSR count). The number of benzene rings is 1. The Kier molecular flexibility index (Phi) is 4.21. The van der Waals surface area contributed by atoms with Gasteiger partial charge < -0.3 is 21.3 Å². The molecule has 1 aromatic carbocycles. The van der Waals surface area contributed by atoms with Crippen molar-refractivity contribution in [1.29, 1.82) is 5.26 Å². The fourth-order valence-electron chi connectivity index (χ4n) is 1.96. The van der Waals surface area contributed by atoms with Gasteiger partial charge >= 0.3 is 0 Å². The second kappa shape index (κ2) is 6.07. The lowest BCUT2D eigenvalue weighted by molar-refractivity contribution is 0.267. The van der Waals surface area contributed by atoms with E-state index in [1.165, 1.54) is 0 Å². The minimum absolute atomic E-state index is 0.0130. The lowest BCUT2D eigenvalue weighted by atomic mass is 10.0. The average molecular weight is 285 g/mol. The summed E-state index contributed by atoms with van der Waals surface area (Å²) in [5.41, 5.74) is 13.0. The van der Waals surface area contributed by atoms with Gasteiger partial charge in [0.05, 0.1) is 18.9 Å². The predicted octanol–water partition coefficient (Wildman–Crippen LogP) is 1.07. The van der Waals surface area contributed by atoms with Crippen molar-refractivity contribution >= 4 is 11.8 Å². The summed E-state index contributed by atoms with van der Waals surface area (Å²) in [5, 5.41) is 18.6. The number of nitrogen functional groups attached to an aromatic ring is 2. The summed E-state index contributed by atoms with van der Waals surface area (Å²) < 4.78 is 5.42. The van der Waals surface area contributed by atoms with Crippen LogP contribution in [0, 0.1) is 11.3 Å². The van der Waals surface area contributed by atoms with E-state index in [1.54, 1.807) is 18.2 Å². The molecular formula is C14H15N5O2. The van der Waals surface area contributed by atoms with Crippen LogP contribution >= 0.6 is 0 Å². The molecule has 0 aliphatic heterocycles. The number of aromatic nitrogens is 2. The molecule has 2 aromatic rings. The van der Waals surface area contributed by atoms with Crippen LogP contribution in [0.4, 0.5) is 11.8 Å². The highest BCUT2D eigenvalue weighted by molar-refractivity contribution is 5.74. The van der Waals surface area contributed by atoms with Gasteiger partial charge in [-0.3, -0.25) is 0 Å². The molecule has 0 saturated carbocycles. The summed E-state index contributed by atoms with van der Waals surface area (Å²) in [5.74, 6) is 0.595. The largest absolute Gasteiger partial charge is 0.494 e. The minimum Gasteiger partial charge on any atom is -0.494 e. The standard InChI is InChI=1S/C14H15N5O2/c1-2-21-11-4-3-8(5-9(11)7-20)12-10(6-15)13(16)19-14(17)18-12/h3-5,20H,2,7H2,1H3,(H4,16,17,18,19). The third-order valence-corrected chi connectivity index (χ3v) is 2.87. The van der Waals surface area contributed by atoms with Crippen molar-refractivity contribution in [2.24, 2.45) is 0 Å². The fourth-order valence-corrected chi connectivity index (χ4v) is 1.96. The van der Waals surface area contributed by atoms with Gasteiger partial charge in [-0.05, 0) is 25.1 Å². The number of hydrogen-bond acceptors (Lipinski definition) is 7. The SMILES string of the molecule is CCOc1ccc(-c2nc(N)nc(N)c2C#N)cc1CO. The van der Waals surface area contributed by atoms with Gasteiger partial charge in [-0.15, -0.1) is 0 Å². The molecule has 1 aromatic heterocycles. The fraction of sp³-hybridized carbons (Fsp3) is 0.214. The van der Waals surface area contributed by atoms with Crippen LogP contribution < -0.4 is 16.2 Å². The topological polar surface area (TPSA) is 131 Å². The maximum atomic E-state index is 9.42.